The van der Waals surface area contributed by atoms with Crippen LogP contribution in [0.25, 0.3) is 6.08 Å². The molecule has 0 unspecified atom stereocenters. The molecule has 2 rings (SSSR count). The number of esters is 1. The molecule has 2 aromatic rings. The van der Waals surface area contributed by atoms with E-state index in [2.05, 4.69) is 27.4 Å². The van der Waals surface area contributed by atoms with Crippen LogP contribution in [0.4, 0.5) is 0 Å². The van der Waals surface area contributed by atoms with Gasteiger partial charge in [0.15, 0.2) is 0 Å². The first-order valence-electron chi connectivity index (χ1n) is 8.79. The molecule has 0 aliphatic carbocycles. The summed E-state index contributed by atoms with van der Waals surface area (Å²) in [4.78, 5) is 12.4. The van der Waals surface area contributed by atoms with E-state index in [0.717, 1.165) is 30.6 Å². The van der Waals surface area contributed by atoms with Gasteiger partial charge in [0.1, 0.15) is 17.1 Å². The van der Waals surface area contributed by atoms with Gasteiger partial charge in [0.05, 0.1) is 5.56 Å². The fourth-order valence-electron chi connectivity index (χ4n) is 2.69. The predicted octanol–water partition coefficient (Wildman–Crippen LogP) is 6.25. The highest BCUT2D eigenvalue weighted by atomic mass is 16.6. The molecule has 0 N–H and O–H groups in total. The molecule has 0 spiro atoms. The first-order valence-corrected chi connectivity index (χ1v) is 8.79. The SMILES string of the molecule is C=Cc1ccc(Oc2ccc(C(=O)OC(CC)(CC)CC)cc2)cc1. The normalized spacial score (nSPS) is 11.0. The number of hydrogen-bond acceptors (Lipinski definition) is 3. The number of benzene rings is 2. The molecule has 0 aliphatic rings. The van der Waals surface area contributed by atoms with Crippen LogP contribution in [0.1, 0.15) is 56.0 Å². The van der Waals surface area contributed by atoms with Crippen LogP contribution in [0.15, 0.2) is 55.1 Å². The van der Waals surface area contributed by atoms with Crippen molar-refractivity contribution in [3.63, 3.8) is 0 Å². The number of hydrogen-bond donors (Lipinski definition) is 0. The lowest BCUT2D eigenvalue weighted by atomic mass is 9.94. The molecular weight excluding hydrogens is 312 g/mol. The summed E-state index contributed by atoms with van der Waals surface area (Å²) in [6.45, 7) is 9.88. The fourth-order valence-corrected chi connectivity index (χ4v) is 2.69. The Morgan fingerprint density at radius 1 is 0.920 bits per heavy atom. The van der Waals surface area contributed by atoms with Crippen LogP contribution in [-0.2, 0) is 4.74 Å². The Balaban J connectivity index is 2.05. The summed E-state index contributed by atoms with van der Waals surface area (Å²) >= 11 is 0. The molecule has 2 aromatic carbocycles. The number of rotatable bonds is 8. The van der Waals surface area contributed by atoms with Crippen molar-refractivity contribution in [1.29, 1.82) is 0 Å². The summed E-state index contributed by atoms with van der Waals surface area (Å²) < 4.78 is 11.6. The summed E-state index contributed by atoms with van der Waals surface area (Å²) in [5.41, 5.74) is 1.20. The maximum Gasteiger partial charge on any atom is 0.338 e. The fraction of sp³-hybridized carbons (Fsp3) is 0.318. The van der Waals surface area contributed by atoms with Gasteiger partial charge in [-0.05, 0) is 61.2 Å². The maximum atomic E-state index is 12.4. The molecule has 0 saturated heterocycles. The predicted molar refractivity (Wildman–Crippen MR) is 102 cm³/mol. The van der Waals surface area contributed by atoms with Gasteiger partial charge in [0.2, 0.25) is 0 Å². The lowest BCUT2D eigenvalue weighted by molar-refractivity contribution is -0.0249. The lowest BCUT2D eigenvalue weighted by Gasteiger charge is -2.30. The minimum Gasteiger partial charge on any atom is -0.457 e. The summed E-state index contributed by atoms with van der Waals surface area (Å²) in [7, 11) is 0. The monoisotopic (exact) mass is 338 g/mol. The highest BCUT2D eigenvalue weighted by molar-refractivity contribution is 5.89. The zero-order valence-corrected chi connectivity index (χ0v) is 15.2. The van der Waals surface area contributed by atoms with Gasteiger partial charge in [-0.3, -0.25) is 0 Å². The van der Waals surface area contributed by atoms with Crippen LogP contribution >= 0.6 is 0 Å². The van der Waals surface area contributed by atoms with Gasteiger partial charge in [0.25, 0.3) is 0 Å². The van der Waals surface area contributed by atoms with E-state index in [9.17, 15) is 4.79 Å². The molecule has 0 saturated carbocycles. The molecule has 3 heteroatoms. The van der Waals surface area contributed by atoms with Gasteiger partial charge in [-0.25, -0.2) is 4.79 Å². The van der Waals surface area contributed by atoms with Gasteiger partial charge in [0, 0.05) is 0 Å². The molecular formula is C22H26O3. The number of carbonyl (C=O) groups excluding carboxylic acids is 1. The van der Waals surface area contributed by atoms with E-state index < -0.39 is 0 Å². The van der Waals surface area contributed by atoms with Gasteiger partial charge >= 0.3 is 5.97 Å². The smallest absolute Gasteiger partial charge is 0.338 e. The quantitative estimate of drug-likeness (QED) is 0.534. The van der Waals surface area contributed by atoms with Crippen molar-refractivity contribution in [1.82, 2.24) is 0 Å². The van der Waals surface area contributed by atoms with Crippen molar-refractivity contribution in [3.05, 3.63) is 66.2 Å². The number of ether oxygens (including phenoxy) is 2. The molecule has 0 aromatic heterocycles. The molecule has 0 atom stereocenters. The van der Waals surface area contributed by atoms with Crippen LogP contribution in [-0.4, -0.2) is 11.6 Å². The van der Waals surface area contributed by atoms with E-state index in [-0.39, 0.29) is 11.6 Å². The van der Waals surface area contributed by atoms with Crippen molar-refractivity contribution in [2.45, 2.75) is 45.6 Å². The van der Waals surface area contributed by atoms with Crippen molar-refractivity contribution in [3.8, 4) is 11.5 Å². The van der Waals surface area contributed by atoms with Crippen molar-refractivity contribution < 1.29 is 14.3 Å². The molecule has 0 heterocycles. The average Bonchev–Trinajstić information content (AvgIpc) is 2.67. The van der Waals surface area contributed by atoms with Crippen molar-refractivity contribution in [2.24, 2.45) is 0 Å². The van der Waals surface area contributed by atoms with E-state index in [1.54, 1.807) is 30.3 Å². The number of carbonyl (C=O) groups is 1. The van der Waals surface area contributed by atoms with Crippen LogP contribution in [0.5, 0.6) is 11.5 Å². The van der Waals surface area contributed by atoms with E-state index >= 15 is 0 Å². The Morgan fingerprint density at radius 2 is 1.40 bits per heavy atom. The highest BCUT2D eigenvalue weighted by Crippen LogP contribution is 2.27. The molecule has 0 bridgehead atoms. The van der Waals surface area contributed by atoms with Crippen molar-refractivity contribution >= 4 is 12.0 Å². The first-order chi connectivity index (χ1) is 12.1. The Morgan fingerprint density at radius 3 is 1.84 bits per heavy atom. The summed E-state index contributed by atoms with van der Waals surface area (Å²) in [5.74, 6) is 1.13. The van der Waals surface area contributed by atoms with Crippen LogP contribution in [0, 0.1) is 0 Å². The molecule has 0 radical (unpaired) electrons. The third-order valence-corrected chi connectivity index (χ3v) is 4.68. The Hall–Kier alpha value is -2.55. The maximum absolute atomic E-state index is 12.4. The van der Waals surface area contributed by atoms with E-state index in [1.807, 2.05) is 24.3 Å². The largest absolute Gasteiger partial charge is 0.457 e. The molecule has 0 aliphatic heterocycles. The molecule has 0 amide bonds. The second-order valence-electron chi connectivity index (χ2n) is 6.03. The zero-order valence-electron chi connectivity index (χ0n) is 15.2. The summed E-state index contributed by atoms with van der Waals surface area (Å²) in [6, 6.07) is 14.7. The zero-order chi connectivity index (χ0) is 18.3. The second kappa shape index (κ2) is 8.52. The lowest BCUT2D eigenvalue weighted by Crippen LogP contribution is -2.33. The van der Waals surface area contributed by atoms with Gasteiger partial charge < -0.3 is 9.47 Å². The molecule has 25 heavy (non-hydrogen) atoms. The van der Waals surface area contributed by atoms with Crippen LogP contribution in [0.2, 0.25) is 0 Å². The van der Waals surface area contributed by atoms with Crippen molar-refractivity contribution in [2.75, 3.05) is 0 Å². The Bertz CT molecular complexity index is 687. The van der Waals surface area contributed by atoms with Gasteiger partial charge in [-0.1, -0.05) is 45.6 Å². The van der Waals surface area contributed by atoms with E-state index in [1.165, 1.54) is 0 Å². The van der Waals surface area contributed by atoms with Crippen LogP contribution in [0.3, 0.4) is 0 Å². The third kappa shape index (κ3) is 4.72. The molecule has 3 nitrogen and oxygen atoms in total. The van der Waals surface area contributed by atoms with Gasteiger partial charge in [-0.2, -0.15) is 0 Å². The second-order valence-corrected chi connectivity index (χ2v) is 6.03. The highest BCUT2D eigenvalue weighted by Gasteiger charge is 2.28. The standard InChI is InChI=1S/C22H26O3/c1-5-17-9-13-19(14-10-17)24-20-15-11-18(12-16-20)21(23)25-22(6-2,7-3)8-4/h5,9-16H,1,6-8H2,2-4H3. The minimum absolute atomic E-state index is 0.285. The average molecular weight is 338 g/mol. The minimum atomic E-state index is -0.376. The Labute approximate surface area is 150 Å². The van der Waals surface area contributed by atoms with E-state index in [0.29, 0.717) is 11.3 Å². The van der Waals surface area contributed by atoms with Gasteiger partial charge in [-0.15, -0.1) is 0 Å². The van der Waals surface area contributed by atoms with Crippen LogP contribution < -0.4 is 4.74 Å². The van der Waals surface area contributed by atoms with E-state index in [4.69, 9.17) is 9.47 Å². The first kappa shape index (κ1) is 18.8. The molecule has 0 fully saturated rings. The summed E-state index contributed by atoms with van der Waals surface area (Å²) in [5, 5.41) is 0. The summed E-state index contributed by atoms with van der Waals surface area (Å²) in [6.07, 6.45) is 4.22. The Kier molecular flexibility index (Phi) is 6.40. The topological polar surface area (TPSA) is 35.5 Å². The molecule has 132 valence electrons. The third-order valence-electron chi connectivity index (χ3n) is 4.68.